The van der Waals surface area contributed by atoms with Gasteiger partial charge in [0.2, 0.25) is 0 Å². The Kier molecular flexibility index (Phi) is 7.65. The second-order valence-corrected chi connectivity index (χ2v) is 16.0. The fraction of sp³-hybridized carbons (Fsp3) is 0.857. The maximum atomic E-state index is 13.6. The minimum Gasteiger partial charge on any atom is -0.469 e. The summed E-state index contributed by atoms with van der Waals surface area (Å²) < 4.78 is 11.4. The Morgan fingerprint density at radius 1 is 0.829 bits per heavy atom. The number of allylic oxidation sites excluding steroid dienone is 1. The predicted octanol–water partition coefficient (Wildman–Crippen LogP) is 6.68. The van der Waals surface area contributed by atoms with Gasteiger partial charge < -0.3 is 14.6 Å². The van der Waals surface area contributed by atoms with Crippen LogP contribution in [0.1, 0.15) is 113 Å². The number of aliphatic hydroxyl groups is 1. The van der Waals surface area contributed by atoms with E-state index >= 15 is 0 Å². The predicted molar refractivity (Wildman–Crippen MR) is 158 cm³/mol. The van der Waals surface area contributed by atoms with Crippen LogP contribution in [0.25, 0.3) is 0 Å². The molecule has 0 saturated heterocycles. The first kappa shape index (κ1) is 30.8. The van der Waals surface area contributed by atoms with Gasteiger partial charge in [0, 0.05) is 12.3 Å². The third kappa shape index (κ3) is 4.23. The molecule has 5 saturated carbocycles. The van der Waals surface area contributed by atoms with Crippen LogP contribution in [-0.4, -0.2) is 42.6 Å². The lowest BCUT2D eigenvalue weighted by atomic mass is 9.32. The van der Waals surface area contributed by atoms with Gasteiger partial charge in [0.1, 0.15) is 12.7 Å². The first-order valence-corrected chi connectivity index (χ1v) is 16.2. The van der Waals surface area contributed by atoms with Gasteiger partial charge >= 0.3 is 11.9 Å². The summed E-state index contributed by atoms with van der Waals surface area (Å²) in [5.74, 6) is 1.25. The molecule has 0 amide bonds. The van der Waals surface area contributed by atoms with Gasteiger partial charge in [-0.1, -0.05) is 40.2 Å². The molecule has 0 bridgehead atoms. The molecule has 41 heavy (non-hydrogen) atoms. The van der Waals surface area contributed by atoms with E-state index in [2.05, 4.69) is 34.6 Å². The Balaban J connectivity index is 1.53. The quantitative estimate of drug-likeness (QED) is 0.293. The van der Waals surface area contributed by atoms with Crippen LogP contribution in [0.4, 0.5) is 0 Å². The van der Waals surface area contributed by atoms with E-state index in [0.29, 0.717) is 17.8 Å². The zero-order valence-electron chi connectivity index (χ0n) is 26.8. The van der Waals surface area contributed by atoms with Crippen LogP contribution >= 0.6 is 0 Å². The van der Waals surface area contributed by atoms with Gasteiger partial charge in [-0.3, -0.25) is 14.4 Å². The van der Waals surface area contributed by atoms with Crippen molar-refractivity contribution in [2.45, 2.75) is 119 Å². The first-order chi connectivity index (χ1) is 19.1. The Morgan fingerprint density at radius 2 is 1.54 bits per heavy atom. The average Bonchev–Trinajstić information content (AvgIpc) is 3.31. The monoisotopic (exact) mass is 570 g/mol. The maximum absolute atomic E-state index is 13.6. The molecule has 230 valence electrons. The fourth-order valence-electron chi connectivity index (χ4n) is 12.5. The molecule has 6 nitrogen and oxygen atoms in total. The van der Waals surface area contributed by atoms with Crippen LogP contribution in [0.3, 0.4) is 0 Å². The highest BCUT2D eigenvalue weighted by Gasteiger charge is 2.72. The van der Waals surface area contributed by atoms with Crippen LogP contribution < -0.4 is 0 Å². The van der Waals surface area contributed by atoms with Crippen LogP contribution in [0.15, 0.2) is 11.6 Å². The summed E-state index contributed by atoms with van der Waals surface area (Å²) in [6.07, 6.45) is 11.7. The molecule has 0 spiro atoms. The van der Waals surface area contributed by atoms with Crippen LogP contribution in [0.2, 0.25) is 0 Å². The third-order valence-electron chi connectivity index (χ3n) is 14.4. The fourth-order valence-corrected chi connectivity index (χ4v) is 12.5. The SMILES string of the molecule is COC(=O)[C@]12CC[C@@H](C(C)=CC(=O)CO)C1C1CCC3[C@@]4(C)CC[C@H](OC(C)=O)C(C)(C)C4CC[C@@]3(C)[C@]1(C)CC2. The van der Waals surface area contributed by atoms with Crippen molar-refractivity contribution in [3.8, 4) is 0 Å². The minimum absolute atomic E-state index is 0.0275. The number of hydrogen-bond acceptors (Lipinski definition) is 6. The molecule has 5 rings (SSSR count). The number of fused-ring (bicyclic) bond motifs is 7. The molecular weight excluding hydrogens is 516 g/mol. The lowest BCUT2D eigenvalue weighted by Crippen LogP contribution is -2.67. The molecule has 5 aliphatic carbocycles. The van der Waals surface area contributed by atoms with Gasteiger partial charge in [-0.25, -0.2) is 0 Å². The molecule has 10 atom stereocenters. The molecule has 5 aliphatic rings. The molecule has 6 heteroatoms. The van der Waals surface area contributed by atoms with E-state index in [4.69, 9.17) is 9.47 Å². The van der Waals surface area contributed by atoms with Crippen molar-refractivity contribution >= 4 is 17.7 Å². The highest BCUT2D eigenvalue weighted by molar-refractivity contribution is 5.91. The molecule has 0 heterocycles. The van der Waals surface area contributed by atoms with E-state index in [0.717, 1.165) is 69.8 Å². The summed E-state index contributed by atoms with van der Waals surface area (Å²) in [5.41, 5.74) is 0.845. The van der Waals surface area contributed by atoms with Gasteiger partial charge in [0.05, 0.1) is 12.5 Å². The maximum Gasteiger partial charge on any atom is 0.312 e. The number of methoxy groups -OCH3 is 1. The zero-order chi connectivity index (χ0) is 30.2. The summed E-state index contributed by atoms with van der Waals surface area (Å²) in [4.78, 5) is 37.8. The summed E-state index contributed by atoms with van der Waals surface area (Å²) in [6.45, 7) is 15.4. The Morgan fingerprint density at radius 3 is 2.17 bits per heavy atom. The number of hydrogen-bond donors (Lipinski definition) is 1. The lowest BCUT2D eigenvalue weighted by Gasteiger charge is -2.72. The topological polar surface area (TPSA) is 89.9 Å². The van der Waals surface area contributed by atoms with Crippen molar-refractivity contribution in [2.24, 2.45) is 56.7 Å². The first-order valence-electron chi connectivity index (χ1n) is 16.2. The van der Waals surface area contributed by atoms with Gasteiger partial charge in [-0.2, -0.15) is 0 Å². The molecule has 1 N–H and O–H groups in total. The molecule has 0 radical (unpaired) electrons. The second-order valence-electron chi connectivity index (χ2n) is 16.0. The molecule has 0 aromatic carbocycles. The van der Waals surface area contributed by atoms with Crippen molar-refractivity contribution in [1.29, 1.82) is 0 Å². The van der Waals surface area contributed by atoms with Gasteiger partial charge in [0.25, 0.3) is 0 Å². The Bertz CT molecular complexity index is 1120. The van der Waals surface area contributed by atoms with Crippen molar-refractivity contribution in [3.63, 3.8) is 0 Å². The summed E-state index contributed by atoms with van der Waals surface area (Å²) >= 11 is 0. The van der Waals surface area contributed by atoms with Gasteiger partial charge in [-0.05, 0) is 123 Å². The molecule has 0 aromatic rings. The normalized spacial score (nSPS) is 46.8. The smallest absolute Gasteiger partial charge is 0.312 e. The van der Waals surface area contributed by atoms with E-state index in [1.807, 2.05) is 6.92 Å². The van der Waals surface area contributed by atoms with Crippen molar-refractivity contribution < 1.29 is 29.0 Å². The largest absolute Gasteiger partial charge is 0.469 e. The average molecular weight is 571 g/mol. The van der Waals surface area contributed by atoms with E-state index in [1.165, 1.54) is 14.0 Å². The number of carbonyl (C=O) groups excluding carboxylic acids is 3. The van der Waals surface area contributed by atoms with E-state index in [1.54, 1.807) is 6.08 Å². The molecule has 0 aromatic heterocycles. The van der Waals surface area contributed by atoms with E-state index in [9.17, 15) is 19.5 Å². The van der Waals surface area contributed by atoms with Crippen LogP contribution in [0.5, 0.6) is 0 Å². The van der Waals surface area contributed by atoms with Gasteiger partial charge in [0.15, 0.2) is 5.78 Å². The number of esters is 2. The lowest BCUT2D eigenvalue weighted by molar-refractivity contribution is -0.250. The molecular formula is C35H54O6. The summed E-state index contributed by atoms with van der Waals surface area (Å²) in [7, 11) is 1.53. The molecule has 4 unspecified atom stereocenters. The third-order valence-corrected chi connectivity index (χ3v) is 14.4. The number of ether oxygens (including phenoxy) is 2. The number of carbonyl (C=O) groups is 3. The van der Waals surface area contributed by atoms with E-state index in [-0.39, 0.29) is 57.3 Å². The molecule has 0 aliphatic heterocycles. The van der Waals surface area contributed by atoms with Crippen molar-refractivity contribution in [3.05, 3.63) is 11.6 Å². The highest BCUT2D eigenvalue weighted by atomic mass is 16.5. The second kappa shape index (κ2) is 10.2. The standard InChI is InChI=1S/C35H54O6/c1-21(19-23(38)20-36)24-11-16-35(30(39)40-8)18-17-33(6)25(29(24)35)9-10-27-32(5)14-13-28(41-22(2)37)31(3,4)26(32)12-15-34(27,33)7/h19,24-29,36H,9-18,20H2,1-8H3/t24-,25?,26?,27?,28-,29?,32-,33+,34+,35-/m0/s1. The molecule has 5 fully saturated rings. The van der Waals surface area contributed by atoms with Crippen LogP contribution in [0, 0.1) is 56.7 Å². The number of aliphatic hydroxyl groups excluding tert-OH is 1. The Hall–Kier alpha value is -1.69. The van der Waals surface area contributed by atoms with E-state index < -0.39 is 12.0 Å². The number of rotatable bonds is 5. The van der Waals surface area contributed by atoms with Crippen molar-refractivity contribution in [1.82, 2.24) is 0 Å². The number of ketones is 1. The Labute approximate surface area is 247 Å². The summed E-state index contributed by atoms with van der Waals surface area (Å²) in [5, 5.41) is 9.45. The highest BCUT2D eigenvalue weighted by Crippen LogP contribution is 2.77. The van der Waals surface area contributed by atoms with Crippen LogP contribution in [-0.2, 0) is 23.9 Å². The van der Waals surface area contributed by atoms with Crippen molar-refractivity contribution in [2.75, 3.05) is 13.7 Å². The zero-order valence-corrected chi connectivity index (χ0v) is 26.8. The van der Waals surface area contributed by atoms with Gasteiger partial charge in [-0.15, -0.1) is 0 Å². The summed E-state index contributed by atoms with van der Waals surface area (Å²) in [6, 6.07) is 0. The minimum atomic E-state index is -0.491.